The molecule has 134 valence electrons. The Balaban J connectivity index is 1.76. The van der Waals surface area contributed by atoms with E-state index in [2.05, 4.69) is 5.32 Å². The van der Waals surface area contributed by atoms with Crippen molar-refractivity contribution in [1.82, 2.24) is 5.32 Å². The van der Waals surface area contributed by atoms with E-state index >= 15 is 0 Å². The second kappa shape index (κ2) is 7.56. The average molecular weight is 351 g/mol. The summed E-state index contributed by atoms with van der Waals surface area (Å²) in [5.41, 5.74) is 0.807. The molecule has 0 spiro atoms. The van der Waals surface area contributed by atoms with Gasteiger partial charge in [-0.2, -0.15) is 13.2 Å². The Bertz CT molecular complexity index is 691. The highest BCUT2D eigenvalue weighted by Gasteiger charge is 2.32. The second-order valence-electron chi connectivity index (χ2n) is 5.98. The molecule has 0 aliphatic carbocycles. The van der Waals surface area contributed by atoms with Crippen molar-refractivity contribution in [3.63, 3.8) is 0 Å². The van der Waals surface area contributed by atoms with E-state index < -0.39 is 24.1 Å². The van der Waals surface area contributed by atoms with Crippen LogP contribution in [0.2, 0.25) is 0 Å². The highest BCUT2D eigenvalue weighted by atomic mass is 19.4. The van der Waals surface area contributed by atoms with Gasteiger partial charge in [0.15, 0.2) is 6.29 Å². The van der Waals surface area contributed by atoms with Gasteiger partial charge >= 0.3 is 6.18 Å². The molecule has 2 aromatic carbocycles. The molecule has 1 aliphatic heterocycles. The molecule has 25 heavy (non-hydrogen) atoms. The van der Waals surface area contributed by atoms with E-state index in [-0.39, 0.29) is 6.04 Å². The first kappa shape index (κ1) is 17.9. The minimum atomic E-state index is -4.37. The van der Waals surface area contributed by atoms with Crippen molar-refractivity contribution in [2.75, 3.05) is 13.2 Å². The van der Waals surface area contributed by atoms with Crippen molar-refractivity contribution in [2.24, 2.45) is 0 Å². The van der Waals surface area contributed by atoms with E-state index in [0.29, 0.717) is 18.7 Å². The van der Waals surface area contributed by atoms with Crippen molar-refractivity contribution < 1.29 is 22.6 Å². The summed E-state index contributed by atoms with van der Waals surface area (Å²) < 4.78 is 50.4. The summed E-state index contributed by atoms with van der Waals surface area (Å²) in [6.07, 6.45) is -5.47. The van der Waals surface area contributed by atoms with E-state index in [1.807, 2.05) is 30.3 Å². The first-order valence-corrected chi connectivity index (χ1v) is 8.18. The van der Waals surface area contributed by atoms with E-state index in [1.165, 1.54) is 6.07 Å². The van der Waals surface area contributed by atoms with Gasteiger partial charge in [0, 0.05) is 6.54 Å². The first-order valence-electron chi connectivity index (χ1n) is 8.18. The third-order valence-corrected chi connectivity index (χ3v) is 4.20. The van der Waals surface area contributed by atoms with E-state index in [4.69, 9.17) is 9.47 Å². The molecule has 2 aromatic rings. The maximum atomic E-state index is 12.9. The highest BCUT2D eigenvalue weighted by Crippen LogP contribution is 2.33. The number of rotatable bonds is 4. The molecule has 1 saturated heterocycles. The largest absolute Gasteiger partial charge is 0.416 e. The number of benzene rings is 2. The molecule has 1 heterocycles. The van der Waals surface area contributed by atoms with Crippen LogP contribution < -0.4 is 5.32 Å². The maximum absolute atomic E-state index is 12.9. The quantitative estimate of drug-likeness (QED) is 0.882. The molecular weight excluding hydrogens is 331 g/mol. The van der Waals surface area contributed by atoms with Crippen molar-refractivity contribution >= 4 is 0 Å². The highest BCUT2D eigenvalue weighted by molar-refractivity contribution is 5.27. The molecule has 0 aromatic heterocycles. The predicted molar refractivity (Wildman–Crippen MR) is 87.9 cm³/mol. The molecule has 0 bridgehead atoms. The maximum Gasteiger partial charge on any atom is 0.416 e. The molecule has 2 unspecified atom stereocenters. The van der Waals surface area contributed by atoms with Crippen LogP contribution >= 0.6 is 0 Å². The summed E-state index contributed by atoms with van der Waals surface area (Å²) in [6.45, 7) is 2.91. The standard InChI is InChI=1S/C19H20F3NO2/c1-13(15-8-5-9-16(12-15)19(20,21)22)25-18-17(23-10-11-24-18)14-6-3-2-4-7-14/h2-9,12-13,17-18,23H,10-11H2,1H3/t13-,17?,18?/m1/s1. The zero-order valence-electron chi connectivity index (χ0n) is 13.8. The summed E-state index contributed by atoms with van der Waals surface area (Å²) in [5, 5.41) is 3.35. The monoisotopic (exact) mass is 351 g/mol. The van der Waals surface area contributed by atoms with Gasteiger partial charge in [-0.1, -0.05) is 42.5 Å². The van der Waals surface area contributed by atoms with Gasteiger partial charge in [0.05, 0.1) is 24.3 Å². The van der Waals surface area contributed by atoms with Crippen molar-refractivity contribution in [2.45, 2.75) is 31.5 Å². The van der Waals surface area contributed by atoms with Gasteiger partial charge in [0.2, 0.25) is 0 Å². The molecule has 0 radical (unpaired) electrons. The van der Waals surface area contributed by atoms with Crippen molar-refractivity contribution in [3.8, 4) is 0 Å². The molecule has 3 rings (SSSR count). The van der Waals surface area contributed by atoms with Crippen LogP contribution in [0.3, 0.4) is 0 Å². The Morgan fingerprint density at radius 3 is 2.60 bits per heavy atom. The molecule has 0 amide bonds. The van der Waals surface area contributed by atoms with Crippen LogP contribution in [0, 0.1) is 0 Å². The van der Waals surface area contributed by atoms with Gasteiger partial charge in [-0.15, -0.1) is 0 Å². The number of ether oxygens (including phenoxy) is 2. The minimum Gasteiger partial charge on any atom is -0.349 e. The van der Waals surface area contributed by atoms with Crippen molar-refractivity contribution in [1.29, 1.82) is 0 Å². The lowest BCUT2D eigenvalue weighted by Gasteiger charge is -2.34. The summed E-state index contributed by atoms with van der Waals surface area (Å²) in [6, 6.07) is 14.8. The number of halogens is 3. The molecule has 6 heteroatoms. The fourth-order valence-electron chi connectivity index (χ4n) is 2.88. The van der Waals surface area contributed by atoms with E-state index in [9.17, 15) is 13.2 Å². The Hall–Kier alpha value is -1.89. The molecular formula is C19H20F3NO2. The summed E-state index contributed by atoms with van der Waals surface area (Å²) in [5.74, 6) is 0. The predicted octanol–water partition coefficient (Wildman–Crippen LogP) is 4.47. The number of hydrogen-bond acceptors (Lipinski definition) is 3. The third kappa shape index (κ3) is 4.39. The zero-order chi connectivity index (χ0) is 17.9. The first-order chi connectivity index (χ1) is 11.9. The smallest absolute Gasteiger partial charge is 0.349 e. The lowest BCUT2D eigenvalue weighted by Crippen LogP contribution is -2.43. The van der Waals surface area contributed by atoms with Gasteiger partial charge in [-0.05, 0) is 30.2 Å². The Kier molecular flexibility index (Phi) is 5.42. The van der Waals surface area contributed by atoms with Crippen LogP contribution in [0.4, 0.5) is 13.2 Å². The van der Waals surface area contributed by atoms with Crippen LogP contribution in [0.25, 0.3) is 0 Å². The molecule has 1 fully saturated rings. The summed E-state index contributed by atoms with van der Waals surface area (Å²) in [4.78, 5) is 0. The average Bonchev–Trinajstić information content (AvgIpc) is 2.62. The number of alkyl halides is 3. The van der Waals surface area contributed by atoms with Crippen LogP contribution in [0.5, 0.6) is 0 Å². The number of morpholine rings is 1. The zero-order valence-corrected chi connectivity index (χ0v) is 13.8. The van der Waals surface area contributed by atoms with Crippen LogP contribution in [-0.2, 0) is 15.7 Å². The lowest BCUT2D eigenvalue weighted by atomic mass is 10.0. The number of nitrogens with one attached hydrogen (secondary N) is 1. The van der Waals surface area contributed by atoms with Gasteiger partial charge in [-0.3, -0.25) is 0 Å². The molecule has 3 nitrogen and oxygen atoms in total. The molecule has 0 saturated carbocycles. The van der Waals surface area contributed by atoms with Crippen LogP contribution in [-0.4, -0.2) is 19.4 Å². The normalized spacial score (nSPS) is 22.6. The fourth-order valence-corrected chi connectivity index (χ4v) is 2.88. The Labute approximate surface area is 144 Å². The van der Waals surface area contributed by atoms with Crippen LogP contribution in [0.1, 0.15) is 35.8 Å². The van der Waals surface area contributed by atoms with Crippen molar-refractivity contribution in [3.05, 3.63) is 71.3 Å². The topological polar surface area (TPSA) is 30.5 Å². The SMILES string of the molecule is C[C@@H](OC1OCCNC1c1ccccc1)c1cccc(C(F)(F)F)c1. The number of hydrogen-bond donors (Lipinski definition) is 1. The fraction of sp³-hybridized carbons (Fsp3) is 0.368. The Morgan fingerprint density at radius 1 is 1.12 bits per heavy atom. The van der Waals surface area contributed by atoms with Gasteiger partial charge in [0.25, 0.3) is 0 Å². The van der Waals surface area contributed by atoms with Gasteiger partial charge < -0.3 is 14.8 Å². The second-order valence-corrected chi connectivity index (χ2v) is 5.98. The summed E-state index contributed by atoms with van der Waals surface area (Å²) in [7, 11) is 0. The molecule has 1 N–H and O–H groups in total. The van der Waals surface area contributed by atoms with Crippen LogP contribution in [0.15, 0.2) is 54.6 Å². The Morgan fingerprint density at radius 2 is 1.88 bits per heavy atom. The molecule has 3 atom stereocenters. The van der Waals surface area contributed by atoms with Gasteiger partial charge in [-0.25, -0.2) is 0 Å². The third-order valence-electron chi connectivity index (χ3n) is 4.20. The summed E-state index contributed by atoms with van der Waals surface area (Å²) >= 11 is 0. The lowest BCUT2D eigenvalue weighted by molar-refractivity contribution is -0.200. The minimum absolute atomic E-state index is 0.164. The van der Waals surface area contributed by atoms with Gasteiger partial charge in [0.1, 0.15) is 0 Å². The molecule has 1 aliphatic rings. The van der Waals surface area contributed by atoms with E-state index in [0.717, 1.165) is 17.7 Å². The van der Waals surface area contributed by atoms with E-state index in [1.54, 1.807) is 13.0 Å².